The number of furan rings is 1. The van der Waals surface area contributed by atoms with E-state index < -0.39 is 0 Å². The molecule has 0 N–H and O–H groups in total. The van der Waals surface area contributed by atoms with Crippen LogP contribution in [-0.2, 0) is 0 Å². The molecule has 0 aliphatic rings. The van der Waals surface area contributed by atoms with Crippen molar-refractivity contribution in [2.45, 2.75) is 0 Å². The first-order valence-corrected chi connectivity index (χ1v) is 20.8. The van der Waals surface area contributed by atoms with Crippen molar-refractivity contribution in [1.29, 1.82) is 0 Å². The fourth-order valence-corrected chi connectivity index (χ4v) is 10.0. The monoisotopic (exact) mass is 778 g/mol. The van der Waals surface area contributed by atoms with Crippen molar-refractivity contribution in [1.82, 2.24) is 15.0 Å². The summed E-state index contributed by atoms with van der Waals surface area (Å²) in [5, 5.41) is 8.82. The van der Waals surface area contributed by atoms with E-state index in [1.54, 1.807) is 22.7 Å². The maximum absolute atomic E-state index is 6.20. The molecule has 0 atom stereocenters. The van der Waals surface area contributed by atoms with Crippen LogP contribution in [0.5, 0.6) is 0 Å². The van der Waals surface area contributed by atoms with Gasteiger partial charge in [0.1, 0.15) is 21.2 Å². The van der Waals surface area contributed by atoms with Gasteiger partial charge in [0, 0.05) is 45.3 Å². The molecule has 0 saturated heterocycles. The summed E-state index contributed by atoms with van der Waals surface area (Å²) < 4.78 is 8.60. The van der Waals surface area contributed by atoms with Crippen molar-refractivity contribution >= 4 is 104 Å². The Labute approximate surface area is 340 Å². The van der Waals surface area contributed by atoms with Gasteiger partial charge in [0.05, 0.1) is 31.5 Å². The zero-order chi connectivity index (χ0) is 38.2. The molecule has 4 aromatic heterocycles. The molecular formula is C51H30N4OS2. The van der Waals surface area contributed by atoms with Crippen LogP contribution in [0.15, 0.2) is 187 Å². The van der Waals surface area contributed by atoms with Crippen molar-refractivity contribution < 1.29 is 4.42 Å². The summed E-state index contributed by atoms with van der Waals surface area (Å²) in [6.45, 7) is 0. The Morgan fingerprint density at radius 3 is 1.57 bits per heavy atom. The number of hydrogen-bond acceptors (Lipinski definition) is 7. The van der Waals surface area contributed by atoms with Gasteiger partial charge < -0.3 is 9.32 Å². The van der Waals surface area contributed by atoms with Crippen molar-refractivity contribution in [3.63, 3.8) is 0 Å². The van der Waals surface area contributed by atoms with Crippen LogP contribution < -0.4 is 4.90 Å². The topological polar surface area (TPSA) is 55.1 Å². The largest absolute Gasteiger partial charge is 0.456 e. The first-order chi connectivity index (χ1) is 28.7. The summed E-state index contributed by atoms with van der Waals surface area (Å²) in [6, 6.07) is 62.3. The molecule has 12 aromatic rings. The van der Waals surface area contributed by atoms with Crippen LogP contribution in [-0.4, -0.2) is 15.0 Å². The molecule has 58 heavy (non-hydrogen) atoms. The molecule has 0 amide bonds. The Bertz CT molecular complexity index is 3320. The van der Waals surface area contributed by atoms with E-state index in [0.29, 0.717) is 0 Å². The highest BCUT2D eigenvalue weighted by molar-refractivity contribution is 7.22. The lowest BCUT2D eigenvalue weighted by atomic mass is 10.0. The van der Waals surface area contributed by atoms with Crippen LogP contribution in [0.2, 0.25) is 0 Å². The maximum atomic E-state index is 6.20. The summed E-state index contributed by atoms with van der Waals surface area (Å²) >= 11 is 3.46. The molecule has 0 bridgehead atoms. The van der Waals surface area contributed by atoms with Crippen molar-refractivity contribution in [3.8, 4) is 32.4 Å². The molecule has 272 valence electrons. The predicted octanol–water partition coefficient (Wildman–Crippen LogP) is 15.0. The molecule has 0 aliphatic carbocycles. The number of nitrogens with zero attached hydrogens (tertiary/aromatic N) is 4. The van der Waals surface area contributed by atoms with Gasteiger partial charge >= 0.3 is 0 Å². The van der Waals surface area contributed by atoms with Gasteiger partial charge in [-0.3, -0.25) is 4.98 Å². The second-order valence-corrected chi connectivity index (χ2v) is 16.5. The Hall–Kier alpha value is -7.19. The average molecular weight is 779 g/mol. The molecule has 0 radical (unpaired) electrons. The number of pyridine rings is 1. The number of anilines is 3. The quantitative estimate of drug-likeness (QED) is 0.168. The Kier molecular flexibility index (Phi) is 7.51. The molecule has 0 spiro atoms. The third kappa shape index (κ3) is 5.55. The van der Waals surface area contributed by atoms with Gasteiger partial charge in [0.25, 0.3) is 0 Å². The number of para-hydroxylation sites is 3. The van der Waals surface area contributed by atoms with Gasteiger partial charge in [-0.15, -0.1) is 22.7 Å². The van der Waals surface area contributed by atoms with Gasteiger partial charge in [-0.1, -0.05) is 91.0 Å². The zero-order valence-corrected chi connectivity index (χ0v) is 32.5. The van der Waals surface area contributed by atoms with E-state index in [-0.39, 0.29) is 0 Å². The van der Waals surface area contributed by atoms with Gasteiger partial charge in [-0.2, -0.15) is 0 Å². The number of rotatable bonds is 6. The van der Waals surface area contributed by atoms with E-state index in [1.165, 1.54) is 20.2 Å². The highest BCUT2D eigenvalue weighted by atomic mass is 32.1. The molecule has 4 heterocycles. The highest BCUT2D eigenvalue weighted by Crippen LogP contribution is 2.42. The highest BCUT2D eigenvalue weighted by Gasteiger charge is 2.18. The average Bonchev–Trinajstić information content (AvgIpc) is 4.02. The van der Waals surface area contributed by atoms with Crippen molar-refractivity contribution in [2.75, 3.05) is 4.90 Å². The second kappa shape index (κ2) is 13.2. The van der Waals surface area contributed by atoms with Crippen LogP contribution in [0.4, 0.5) is 17.1 Å². The Morgan fingerprint density at radius 2 is 0.948 bits per heavy atom. The van der Waals surface area contributed by atoms with Crippen LogP contribution in [0.3, 0.4) is 0 Å². The van der Waals surface area contributed by atoms with Crippen LogP contribution >= 0.6 is 22.7 Å². The van der Waals surface area contributed by atoms with Crippen LogP contribution in [0.1, 0.15) is 0 Å². The third-order valence-corrected chi connectivity index (χ3v) is 13.1. The standard InChI is InChI=1S/C51H30N4OS2/c1-4-10-44-41(7-1)48-45(56-44)25-26-52-49(48)31-17-21-38(22-18-31)55(39-23-19-32-27-36(15-13-34(32)29-39)50-53-42-8-2-5-11-46(42)57-50)40-24-20-33-28-37(16-14-35(33)30-40)51-54-43-9-3-6-12-47(43)58-51/h1-30H. The Balaban J connectivity index is 0.960. The normalized spacial score (nSPS) is 11.8. The third-order valence-electron chi connectivity index (χ3n) is 10.9. The van der Waals surface area contributed by atoms with Crippen molar-refractivity contribution in [3.05, 3.63) is 182 Å². The number of benzene rings is 8. The summed E-state index contributed by atoms with van der Waals surface area (Å²) in [5.41, 5.74) is 11.1. The van der Waals surface area contributed by atoms with E-state index >= 15 is 0 Å². The van der Waals surface area contributed by atoms with Crippen LogP contribution in [0, 0.1) is 0 Å². The minimum Gasteiger partial charge on any atom is -0.456 e. The summed E-state index contributed by atoms with van der Waals surface area (Å²) in [5.74, 6) is 0. The summed E-state index contributed by atoms with van der Waals surface area (Å²) in [6.07, 6.45) is 1.83. The molecule has 5 nitrogen and oxygen atoms in total. The van der Waals surface area contributed by atoms with E-state index in [4.69, 9.17) is 19.4 Å². The summed E-state index contributed by atoms with van der Waals surface area (Å²) in [4.78, 5) is 17.1. The Morgan fingerprint density at radius 1 is 0.431 bits per heavy atom. The minimum absolute atomic E-state index is 0.835. The predicted molar refractivity (Wildman–Crippen MR) is 244 cm³/mol. The zero-order valence-electron chi connectivity index (χ0n) is 30.8. The van der Waals surface area contributed by atoms with Crippen LogP contribution in [0.25, 0.3) is 96.3 Å². The molecule has 7 heteroatoms. The molecule has 0 unspecified atom stereocenters. The SMILES string of the molecule is c1ccc2sc(-c3ccc4cc(N(c5ccc(-c6nccc7oc8ccccc8c67)cc5)c5ccc6cc(-c7nc8ccccc8s7)ccc6c5)ccc4c3)nc2c1. The fraction of sp³-hybridized carbons (Fsp3) is 0. The lowest BCUT2D eigenvalue weighted by molar-refractivity contribution is 0.668. The first-order valence-electron chi connectivity index (χ1n) is 19.1. The maximum Gasteiger partial charge on any atom is 0.139 e. The molecular weight excluding hydrogens is 749 g/mol. The molecule has 12 rings (SSSR count). The number of aromatic nitrogens is 3. The van der Waals surface area contributed by atoms with Gasteiger partial charge in [0.2, 0.25) is 0 Å². The molecule has 0 fully saturated rings. The number of thiazole rings is 2. The second-order valence-electron chi connectivity index (χ2n) is 14.5. The lowest BCUT2D eigenvalue weighted by Gasteiger charge is -2.26. The minimum atomic E-state index is 0.835. The van der Waals surface area contributed by atoms with Crippen molar-refractivity contribution in [2.24, 2.45) is 0 Å². The van der Waals surface area contributed by atoms with E-state index in [1.807, 2.05) is 42.6 Å². The molecule has 0 aliphatic heterocycles. The smallest absolute Gasteiger partial charge is 0.139 e. The van der Waals surface area contributed by atoms with E-state index in [9.17, 15) is 0 Å². The number of hydrogen-bond donors (Lipinski definition) is 0. The lowest BCUT2D eigenvalue weighted by Crippen LogP contribution is -2.10. The fourth-order valence-electron chi connectivity index (χ4n) is 8.11. The summed E-state index contributed by atoms with van der Waals surface area (Å²) in [7, 11) is 0. The molecule has 8 aromatic carbocycles. The van der Waals surface area contributed by atoms with E-state index in [2.05, 4.69) is 144 Å². The number of fused-ring (bicyclic) bond motifs is 7. The van der Waals surface area contributed by atoms with E-state index in [0.717, 1.165) is 93.2 Å². The van der Waals surface area contributed by atoms with Gasteiger partial charge in [0.15, 0.2) is 0 Å². The van der Waals surface area contributed by atoms with Gasteiger partial charge in [-0.25, -0.2) is 9.97 Å². The first kappa shape index (κ1) is 33.0. The molecule has 0 saturated carbocycles. The van der Waals surface area contributed by atoms with Gasteiger partial charge in [-0.05, 0) is 106 Å².